The summed E-state index contributed by atoms with van der Waals surface area (Å²) in [7, 11) is 1.62. The van der Waals surface area contributed by atoms with Crippen molar-refractivity contribution in [1.29, 1.82) is 0 Å². The van der Waals surface area contributed by atoms with E-state index in [0.717, 1.165) is 10.1 Å². The molecule has 1 heterocycles. The molecule has 0 saturated heterocycles. The van der Waals surface area contributed by atoms with Crippen molar-refractivity contribution >= 4 is 44.6 Å². The molecule has 3 aromatic carbocycles. The number of halogens is 2. The Bertz CT molecular complexity index is 1160. The van der Waals surface area contributed by atoms with Crippen LogP contribution in [0.4, 0.5) is 0 Å². The summed E-state index contributed by atoms with van der Waals surface area (Å²) in [6.07, 6.45) is 0. The molecule has 1 nitrogen and oxygen atoms in total. The summed E-state index contributed by atoms with van der Waals surface area (Å²) in [6.45, 7) is 4.27. The predicted molar refractivity (Wildman–Crippen MR) is 119 cm³/mol. The third-order valence-electron chi connectivity index (χ3n) is 4.85. The monoisotopic (exact) mass is 412 g/mol. The summed E-state index contributed by atoms with van der Waals surface area (Å²) in [6, 6.07) is 18.9. The van der Waals surface area contributed by atoms with Gasteiger partial charge in [-0.05, 0) is 42.2 Å². The maximum absolute atomic E-state index is 6.65. The van der Waals surface area contributed by atoms with Crippen molar-refractivity contribution in [3.05, 3.63) is 75.8 Å². The normalized spacial score (nSPS) is 11.1. The zero-order valence-corrected chi connectivity index (χ0v) is 17.6. The van der Waals surface area contributed by atoms with Gasteiger partial charge in [-0.15, -0.1) is 11.3 Å². The van der Waals surface area contributed by atoms with Gasteiger partial charge in [-0.3, -0.25) is 0 Å². The van der Waals surface area contributed by atoms with Crippen molar-refractivity contribution in [3.8, 4) is 27.3 Å². The molecular weight excluding hydrogens is 395 g/mol. The van der Waals surface area contributed by atoms with Crippen molar-refractivity contribution in [2.45, 2.75) is 13.8 Å². The quantitative estimate of drug-likeness (QED) is 0.329. The highest BCUT2D eigenvalue weighted by Crippen LogP contribution is 2.51. The molecule has 0 N–H and O–H groups in total. The first-order valence-electron chi connectivity index (χ1n) is 8.63. The molecule has 0 saturated carbocycles. The van der Waals surface area contributed by atoms with Gasteiger partial charge in [-0.25, -0.2) is 0 Å². The summed E-state index contributed by atoms with van der Waals surface area (Å²) in [4.78, 5) is 1.20. The molecule has 0 fully saturated rings. The van der Waals surface area contributed by atoms with Gasteiger partial charge in [-0.1, -0.05) is 71.7 Å². The van der Waals surface area contributed by atoms with Gasteiger partial charge in [0, 0.05) is 15.8 Å². The van der Waals surface area contributed by atoms with E-state index in [4.69, 9.17) is 27.9 Å². The van der Waals surface area contributed by atoms with Crippen LogP contribution in [0.2, 0.25) is 10.0 Å². The van der Waals surface area contributed by atoms with Crippen LogP contribution in [0, 0.1) is 13.8 Å². The van der Waals surface area contributed by atoms with Gasteiger partial charge in [0.25, 0.3) is 0 Å². The van der Waals surface area contributed by atoms with E-state index in [-0.39, 0.29) is 0 Å². The fourth-order valence-corrected chi connectivity index (χ4v) is 5.35. The molecule has 0 amide bonds. The van der Waals surface area contributed by atoms with Gasteiger partial charge < -0.3 is 4.74 Å². The highest BCUT2D eigenvalue weighted by atomic mass is 35.5. The Morgan fingerprint density at radius 3 is 2.00 bits per heavy atom. The average Bonchev–Trinajstić information content (AvgIpc) is 3.04. The second kappa shape index (κ2) is 7.20. The van der Waals surface area contributed by atoms with Gasteiger partial charge in [-0.2, -0.15) is 0 Å². The van der Waals surface area contributed by atoms with Crippen LogP contribution >= 0.6 is 34.5 Å². The van der Waals surface area contributed by atoms with E-state index in [0.29, 0.717) is 15.8 Å². The first kappa shape index (κ1) is 18.4. The molecule has 0 spiro atoms. The van der Waals surface area contributed by atoms with Gasteiger partial charge in [0.2, 0.25) is 0 Å². The smallest absolute Gasteiger partial charge is 0.139 e. The summed E-state index contributed by atoms with van der Waals surface area (Å²) in [5, 5.41) is 2.07. The van der Waals surface area contributed by atoms with Crippen LogP contribution in [0.5, 0.6) is 5.75 Å². The SMILES string of the molecule is COc1cc2c(-c3ccccc3C)c(-c3ccccc3C)sc2c(Cl)c1Cl. The minimum Gasteiger partial charge on any atom is -0.495 e. The Hall–Kier alpha value is -2.00. The number of hydrogen-bond acceptors (Lipinski definition) is 2. The molecule has 1 aromatic heterocycles. The molecule has 27 heavy (non-hydrogen) atoms. The first-order chi connectivity index (χ1) is 13.0. The average molecular weight is 413 g/mol. The summed E-state index contributed by atoms with van der Waals surface area (Å²) in [5.41, 5.74) is 6.04. The molecule has 0 unspecified atom stereocenters. The van der Waals surface area contributed by atoms with E-state index in [1.165, 1.54) is 32.7 Å². The highest BCUT2D eigenvalue weighted by Gasteiger charge is 2.22. The lowest BCUT2D eigenvalue weighted by molar-refractivity contribution is 0.415. The van der Waals surface area contributed by atoms with Crippen LogP contribution in [-0.2, 0) is 0 Å². The number of benzene rings is 3. The third-order valence-corrected chi connectivity index (χ3v) is 7.07. The number of fused-ring (bicyclic) bond motifs is 1. The van der Waals surface area contributed by atoms with Gasteiger partial charge >= 0.3 is 0 Å². The van der Waals surface area contributed by atoms with E-state index >= 15 is 0 Å². The summed E-state index contributed by atoms with van der Waals surface area (Å²) >= 11 is 14.8. The lowest BCUT2D eigenvalue weighted by atomic mass is 9.94. The fraction of sp³-hybridized carbons (Fsp3) is 0.130. The second-order valence-corrected chi connectivity index (χ2v) is 8.30. The number of ether oxygens (including phenoxy) is 1. The molecule has 0 aliphatic carbocycles. The summed E-state index contributed by atoms with van der Waals surface area (Å²) in [5.74, 6) is 0.595. The number of thiophene rings is 1. The Balaban J connectivity index is 2.18. The van der Waals surface area contributed by atoms with Gasteiger partial charge in [0.05, 0.1) is 16.8 Å². The highest BCUT2D eigenvalue weighted by molar-refractivity contribution is 7.23. The largest absolute Gasteiger partial charge is 0.495 e. The van der Waals surface area contributed by atoms with Gasteiger partial charge in [0.15, 0.2) is 0 Å². The fourth-order valence-electron chi connectivity index (χ4n) is 3.43. The molecule has 0 radical (unpaired) electrons. The zero-order valence-electron chi connectivity index (χ0n) is 15.3. The molecule has 4 heteroatoms. The second-order valence-electron chi connectivity index (χ2n) is 6.52. The Morgan fingerprint density at radius 1 is 0.815 bits per heavy atom. The third kappa shape index (κ3) is 3.02. The molecule has 0 aliphatic rings. The summed E-state index contributed by atoms with van der Waals surface area (Å²) < 4.78 is 6.47. The maximum Gasteiger partial charge on any atom is 0.139 e. The zero-order chi connectivity index (χ0) is 19.1. The van der Waals surface area contributed by atoms with E-state index in [1.807, 2.05) is 6.07 Å². The van der Waals surface area contributed by atoms with Crippen molar-refractivity contribution in [2.75, 3.05) is 7.11 Å². The van der Waals surface area contributed by atoms with Crippen LogP contribution < -0.4 is 4.74 Å². The number of hydrogen-bond donors (Lipinski definition) is 0. The number of methoxy groups -OCH3 is 1. The molecule has 4 rings (SSSR count). The van der Waals surface area contributed by atoms with Crippen molar-refractivity contribution in [1.82, 2.24) is 0 Å². The Morgan fingerprint density at radius 2 is 1.41 bits per heavy atom. The molecular formula is C23H18Cl2OS. The topological polar surface area (TPSA) is 9.23 Å². The first-order valence-corrected chi connectivity index (χ1v) is 10.2. The van der Waals surface area contributed by atoms with E-state index in [2.05, 4.69) is 62.4 Å². The van der Waals surface area contributed by atoms with E-state index in [1.54, 1.807) is 18.4 Å². The van der Waals surface area contributed by atoms with E-state index < -0.39 is 0 Å². The lowest BCUT2D eigenvalue weighted by Gasteiger charge is -2.11. The number of rotatable bonds is 3. The molecule has 0 atom stereocenters. The molecule has 136 valence electrons. The van der Waals surface area contributed by atoms with Crippen LogP contribution in [0.15, 0.2) is 54.6 Å². The van der Waals surface area contributed by atoms with Crippen LogP contribution in [0.3, 0.4) is 0 Å². The molecule has 4 aromatic rings. The Labute approximate surface area is 173 Å². The van der Waals surface area contributed by atoms with Crippen molar-refractivity contribution < 1.29 is 4.74 Å². The lowest BCUT2D eigenvalue weighted by Crippen LogP contribution is -1.88. The van der Waals surface area contributed by atoms with E-state index in [9.17, 15) is 0 Å². The minimum atomic E-state index is 0.459. The van der Waals surface area contributed by atoms with Crippen molar-refractivity contribution in [2.24, 2.45) is 0 Å². The number of aryl methyl sites for hydroxylation is 2. The Kier molecular flexibility index (Phi) is 4.90. The van der Waals surface area contributed by atoms with Crippen molar-refractivity contribution in [3.63, 3.8) is 0 Å². The standard InChI is InChI=1S/C23H18Cl2OS/c1-13-8-4-6-10-15(13)19-17-12-18(26-3)20(24)21(25)23(17)27-22(19)16-11-7-5-9-14(16)2/h4-12H,1-3H3. The minimum absolute atomic E-state index is 0.459. The van der Waals surface area contributed by atoms with Crippen LogP contribution in [0.25, 0.3) is 31.7 Å². The van der Waals surface area contributed by atoms with Crippen LogP contribution in [-0.4, -0.2) is 7.11 Å². The maximum atomic E-state index is 6.65. The molecule has 0 aliphatic heterocycles. The molecule has 0 bridgehead atoms. The van der Waals surface area contributed by atoms with Crippen LogP contribution in [0.1, 0.15) is 11.1 Å². The predicted octanol–water partition coefficient (Wildman–Crippen LogP) is 8.17. The van der Waals surface area contributed by atoms with Gasteiger partial charge in [0.1, 0.15) is 10.8 Å².